The van der Waals surface area contributed by atoms with Crippen LogP contribution in [0.2, 0.25) is 0 Å². The van der Waals surface area contributed by atoms with Crippen molar-refractivity contribution in [1.82, 2.24) is 0 Å². The summed E-state index contributed by atoms with van der Waals surface area (Å²) in [5.74, 6) is -17.1. The fourth-order valence-electron chi connectivity index (χ4n) is 0.949. The number of hydrogen-bond donors (Lipinski definition) is 0. The Morgan fingerprint density at radius 2 is 0.846 bits per heavy atom. The molecule has 0 fully saturated rings. The van der Waals surface area contributed by atoms with E-state index in [0.29, 0.717) is 0 Å². The minimum Gasteiger partial charge on any atom is -0.412 e. The second-order valence-corrected chi connectivity index (χ2v) is 4.06. The summed E-state index contributed by atoms with van der Waals surface area (Å²) in [6.45, 7) is 0. The normalized spacial score (nSPS) is 17.9. The van der Waals surface area contributed by atoms with Crippen molar-refractivity contribution >= 4 is 11.9 Å². The maximum Gasteiger partial charge on any atom is 0.466 e. The molecule has 0 aromatic rings. The highest BCUT2D eigenvalue weighted by Crippen LogP contribution is 2.41. The molecule has 2 atom stereocenters. The summed E-state index contributed by atoms with van der Waals surface area (Å²) in [4.78, 5) is 21.5. The van der Waals surface area contributed by atoms with E-state index in [4.69, 9.17) is 0 Å². The number of carbonyl (C=O) groups is 2. The molecule has 0 amide bonds. The van der Waals surface area contributed by atoms with E-state index < -0.39 is 61.0 Å². The van der Waals surface area contributed by atoms with Gasteiger partial charge in [0.15, 0.2) is 0 Å². The van der Waals surface area contributed by atoms with Crippen LogP contribution in [0.5, 0.6) is 0 Å². The Balaban J connectivity index is 5.23. The molecule has 26 heavy (non-hydrogen) atoms. The zero-order valence-electron chi connectivity index (χ0n) is 11.5. The predicted octanol–water partition coefficient (Wildman–Crippen LogP) is 3.62. The monoisotopic (exact) mass is 416 g/mol. The Morgan fingerprint density at radius 3 is 1.00 bits per heavy atom. The summed E-state index contributed by atoms with van der Waals surface area (Å²) in [6.07, 6.45) is -24.2. The van der Waals surface area contributed by atoms with Crippen molar-refractivity contribution in [2.24, 2.45) is 0 Å². The SMILES string of the molecule is O=C(C=CC(=O)OC(F)(C(F)F)C(F)(F)F)OC(F)(C(F)F)C(F)(F)F. The van der Waals surface area contributed by atoms with Crippen LogP contribution in [0, 0.1) is 0 Å². The summed E-state index contributed by atoms with van der Waals surface area (Å²) in [7, 11) is 0. The van der Waals surface area contributed by atoms with Crippen LogP contribution >= 0.6 is 0 Å². The number of esters is 2. The van der Waals surface area contributed by atoms with Gasteiger partial charge in [0.2, 0.25) is 0 Å². The molecule has 0 saturated carbocycles. The lowest BCUT2D eigenvalue weighted by Crippen LogP contribution is -2.51. The summed E-state index contributed by atoms with van der Waals surface area (Å²) in [6, 6.07) is 0. The van der Waals surface area contributed by atoms with Crippen LogP contribution in [0.15, 0.2) is 12.2 Å². The molecule has 152 valence electrons. The second-order valence-electron chi connectivity index (χ2n) is 4.06. The largest absolute Gasteiger partial charge is 0.466 e. The van der Waals surface area contributed by atoms with Crippen LogP contribution in [-0.4, -0.2) is 48.9 Å². The molecule has 0 radical (unpaired) electrons. The van der Waals surface area contributed by atoms with Gasteiger partial charge in [-0.25, -0.2) is 27.2 Å². The summed E-state index contributed by atoms with van der Waals surface area (Å²) < 4.78 is 152. The first-order valence-corrected chi connectivity index (χ1v) is 5.60. The third-order valence-corrected chi connectivity index (χ3v) is 2.19. The summed E-state index contributed by atoms with van der Waals surface area (Å²) in [5, 5.41) is 0. The molecule has 0 aromatic carbocycles. The number of alkyl halides is 12. The molecular weight excluding hydrogens is 412 g/mol. The zero-order valence-corrected chi connectivity index (χ0v) is 11.5. The molecule has 16 heteroatoms. The van der Waals surface area contributed by atoms with E-state index in [-0.39, 0.29) is 0 Å². The summed E-state index contributed by atoms with van der Waals surface area (Å²) >= 11 is 0. The predicted molar refractivity (Wildman–Crippen MR) is 53.1 cm³/mol. The second kappa shape index (κ2) is 7.61. The average Bonchev–Trinajstić information content (AvgIpc) is 2.42. The summed E-state index contributed by atoms with van der Waals surface area (Å²) in [5.41, 5.74) is 0. The number of halogens is 12. The molecule has 0 aliphatic carbocycles. The molecule has 0 spiro atoms. The van der Waals surface area contributed by atoms with Gasteiger partial charge >= 0.3 is 48.9 Å². The van der Waals surface area contributed by atoms with Crippen molar-refractivity contribution in [1.29, 1.82) is 0 Å². The first kappa shape index (κ1) is 23.8. The van der Waals surface area contributed by atoms with Crippen molar-refractivity contribution in [2.75, 3.05) is 0 Å². The first-order chi connectivity index (χ1) is 11.4. The zero-order chi connectivity index (χ0) is 21.1. The van der Waals surface area contributed by atoms with E-state index in [0.717, 1.165) is 0 Å². The fraction of sp³-hybridized carbons (Fsp3) is 0.600. The van der Waals surface area contributed by atoms with Crippen LogP contribution in [0.4, 0.5) is 52.7 Å². The Morgan fingerprint density at radius 1 is 0.615 bits per heavy atom. The minimum absolute atomic E-state index is 0.687. The molecule has 0 N–H and O–H groups in total. The van der Waals surface area contributed by atoms with Crippen molar-refractivity contribution in [3.63, 3.8) is 0 Å². The van der Waals surface area contributed by atoms with Crippen molar-refractivity contribution in [3.8, 4) is 0 Å². The molecule has 4 nitrogen and oxygen atoms in total. The average molecular weight is 416 g/mol. The van der Waals surface area contributed by atoms with E-state index in [2.05, 4.69) is 9.47 Å². The van der Waals surface area contributed by atoms with Gasteiger partial charge < -0.3 is 9.47 Å². The molecule has 0 aromatic heterocycles. The lowest BCUT2D eigenvalue weighted by molar-refractivity contribution is -0.354. The van der Waals surface area contributed by atoms with Gasteiger partial charge in [-0.05, 0) is 0 Å². The van der Waals surface area contributed by atoms with Gasteiger partial charge in [0.05, 0.1) is 0 Å². The lowest BCUT2D eigenvalue weighted by atomic mass is 10.3. The third kappa shape index (κ3) is 5.17. The van der Waals surface area contributed by atoms with Gasteiger partial charge in [-0.1, -0.05) is 0 Å². The molecule has 0 saturated heterocycles. The van der Waals surface area contributed by atoms with Gasteiger partial charge in [-0.2, -0.15) is 35.1 Å². The highest BCUT2D eigenvalue weighted by Gasteiger charge is 2.67. The Bertz CT molecular complexity index is 505. The smallest absolute Gasteiger partial charge is 0.412 e. The Kier molecular flexibility index (Phi) is 6.98. The van der Waals surface area contributed by atoms with Crippen molar-refractivity contribution < 1.29 is 71.7 Å². The third-order valence-electron chi connectivity index (χ3n) is 2.19. The number of hydrogen-bond acceptors (Lipinski definition) is 4. The molecule has 0 aliphatic rings. The van der Waals surface area contributed by atoms with Crippen LogP contribution in [0.3, 0.4) is 0 Å². The highest BCUT2D eigenvalue weighted by molar-refractivity contribution is 5.92. The maximum absolute atomic E-state index is 13.0. The molecule has 0 bridgehead atoms. The lowest BCUT2D eigenvalue weighted by Gasteiger charge is -2.26. The van der Waals surface area contributed by atoms with Gasteiger partial charge in [0.1, 0.15) is 0 Å². The van der Waals surface area contributed by atoms with Crippen LogP contribution in [-0.2, 0) is 19.1 Å². The molecular formula is C10H4F12O4. The fourth-order valence-corrected chi connectivity index (χ4v) is 0.949. The number of carbonyl (C=O) groups excluding carboxylic acids is 2. The van der Waals surface area contributed by atoms with Gasteiger partial charge in [-0.15, -0.1) is 0 Å². The van der Waals surface area contributed by atoms with E-state index in [1.54, 1.807) is 0 Å². The van der Waals surface area contributed by atoms with Crippen LogP contribution in [0.1, 0.15) is 0 Å². The van der Waals surface area contributed by atoms with Crippen LogP contribution < -0.4 is 0 Å². The highest BCUT2D eigenvalue weighted by atomic mass is 19.4. The van der Waals surface area contributed by atoms with E-state index in [1.807, 2.05) is 0 Å². The number of ether oxygens (including phenoxy) is 2. The molecule has 0 aliphatic heterocycles. The van der Waals surface area contributed by atoms with E-state index >= 15 is 0 Å². The van der Waals surface area contributed by atoms with Crippen molar-refractivity contribution in [3.05, 3.63) is 12.2 Å². The van der Waals surface area contributed by atoms with Crippen LogP contribution in [0.25, 0.3) is 0 Å². The van der Waals surface area contributed by atoms with Gasteiger partial charge in [0, 0.05) is 12.2 Å². The topological polar surface area (TPSA) is 52.6 Å². The molecule has 0 heterocycles. The first-order valence-electron chi connectivity index (χ1n) is 5.60. The van der Waals surface area contributed by atoms with Crippen molar-refractivity contribution in [2.45, 2.75) is 36.9 Å². The Hall–Kier alpha value is -2.16. The van der Waals surface area contributed by atoms with Gasteiger partial charge in [-0.3, -0.25) is 0 Å². The van der Waals surface area contributed by atoms with E-state index in [1.165, 1.54) is 0 Å². The minimum atomic E-state index is -6.45. The molecule has 0 rings (SSSR count). The number of rotatable bonds is 6. The maximum atomic E-state index is 13.0. The Labute approximate surface area is 134 Å². The molecule has 2 unspecified atom stereocenters. The quantitative estimate of drug-likeness (QED) is 0.377. The van der Waals surface area contributed by atoms with E-state index in [9.17, 15) is 62.3 Å². The van der Waals surface area contributed by atoms with Gasteiger partial charge in [0.25, 0.3) is 0 Å². The standard InChI is InChI=1S/C10H4F12O4/c11-5(12)7(15,9(17,18)19)25-3(23)1-2-4(24)26-8(16,6(13)14)10(20,21)22/h1-2,5-6H.